The predicted molar refractivity (Wildman–Crippen MR) is 58.1 cm³/mol. The lowest BCUT2D eigenvalue weighted by molar-refractivity contribution is -0.122. The summed E-state index contributed by atoms with van der Waals surface area (Å²) in [5.74, 6) is 1.39. The van der Waals surface area contributed by atoms with Crippen LogP contribution >= 0.6 is 0 Å². The molecule has 0 spiro atoms. The number of amides is 1. The van der Waals surface area contributed by atoms with E-state index in [1.165, 1.54) is 12.8 Å². The molecule has 0 aromatic rings. The van der Waals surface area contributed by atoms with Gasteiger partial charge in [0.2, 0.25) is 5.91 Å². The van der Waals surface area contributed by atoms with E-state index in [1.54, 1.807) is 0 Å². The fourth-order valence-electron chi connectivity index (χ4n) is 2.09. The number of nitrogens with one attached hydrogen (secondary N) is 2. The van der Waals surface area contributed by atoms with E-state index in [2.05, 4.69) is 17.6 Å². The summed E-state index contributed by atoms with van der Waals surface area (Å²) in [6.45, 7) is 7.12. The Bertz CT molecular complexity index is 176. The monoisotopic (exact) mass is 198 g/mol. The summed E-state index contributed by atoms with van der Waals surface area (Å²) >= 11 is 0. The third-order valence-electron chi connectivity index (χ3n) is 3.02. The molecule has 14 heavy (non-hydrogen) atoms. The molecule has 1 rings (SSSR count). The van der Waals surface area contributed by atoms with Gasteiger partial charge in [0.1, 0.15) is 0 Å². The molecule has 1 amide bonds. The fraction of sp³-hybridized carbons (Fsp3) is 0.909. The summed E-state index contributed by atoms with van der Waals surface area (Å²) in [5.41, 5.74) is 0. The Morgan fingerprint density at radius 1 is 1.64 bits per heavy atom. The molecule has 1 heterocycles. The smallest absolute Gasteiger partial charge is 0.220 e. The molecule has 0 aromatic heterocycles. The second-order valence-electron chi connectivity index (χ2n) is 4.24. The summed E-state index contributed by atoms with van der Waals surface area (Å²) in [4.78, 5) is 11.4. The molecule has 0 bridgehead atoms. The van der Waals surface area contributed by atoms with E-state index in [0.29, 0.717) is 18.3 Å². The minimum Gasteiger partial charge on any atom is -0.356 e. The minimum atomic E-state index is 0.200. The third-order valence-corrected chi connectivity index (χ3v) is 3.02. The average molecular weight is 198 g/mol. The Hall–Kier alpha value is -0.570. The predicted octanol–water partition coefficient (Wildman–Crippen LogP) is 1.15. The van der Waals surface area contributed by atoms with Crippen LogP contribution in [0.4, 0.5) is 0 Å². The number of carbonyl (C=O) groups excluding carboxylic acids is 1. The zero-order valence-corrected chi connectivity index (χ0v) is 9.31. The van der Waals surface area contributed by atoms with Crippen molar-refractivity contribution in [1.82, 2.24) is 10.6 Å². The largest absolute Gasteiger partial charge is 0.356 e. The number of piperidine rings is 1. The highest BCUT2D eigenvalue weighted by molar-refractivity contribution is 5.76. The van der Waals surface area contributed by atoms with Crippen LogP contribution in [0.2, 0.25) is 0 Å². The van der Waals surface area contributed by atoms with E-state index in [0.717, 1.165) is 19.6 Å². The Labute approximate surface area is 86.6 Å². The van der Waals surface area contributed by atoms with Gasteiger partial charge in [-0.15, -0.1) is 0 Å². The first-order chi connectivity index (χ1) is 6.74. The molecule has 0 radical (unpaired) electrons. The maximum absolute atomic E-state index is 11.4. The van der Waals surface area contributed by atoms with Gasteiger partial charge >= 0.3 is 0 Å². The van der Waals surface area contributed by atoms with Gasteiger partial charge in [0.15, 0.2) is 0 Å². The van der Waals surface area contributed by atoms with Gasteiger partial charge in [-0.3, -0.25) is 4.79 Å². The van der Waals surface area contributed by atoms with Crippen molar-refractivity contribution in [3.63, 3.8) is 0 Å². The minimum absolute atomic E-state index is 0.200. The van der Waals surface area contributed by atoms with Crippen LogP contribution < -0.4 is 10.6 Å². The summed E-state index contributed by atoms with van der Waals surface area (Å²) in [6.07, 6.45) is 3.21. The molecule has 2 unspecified atom stereocenters. The van der Waals surface area contributed by atoms with Gasteiger partial charge in [-0.25, -0.2) is 0 Å². The highest BCUT2D eigenvalue weighted by Gasteiger charge is 2.21. The van der Waals surface area contributed by atoms with Crippen molar-refractivity contribution in [1.29, 1.82) is 0 Å². The molecular formula is C11H22N2O. The quantitative estimate of drug-likeness (QED) is 0.711. The lowest BCUT2D eigenvalue weighted by atomic mass is 9.85. The lowest BCUT2D eigenvalue weighted by Gasteiger charge is -2.27. The van der Waals surface area contributed by atoms with Gasteiger partial charge in [-0.05, 0) is 44.7 Å². The van der Waals surface area contributed by atoms with E-state index in [-0.39, 0.29) is 5.91 Å². The molecule has 1 fully saturated rings. The van der Waals surface area contributed by atoms with E-state index in [9.17, 15) is 4.79 Å². The van der Waals surface area contributed by atoms with E-state index in [1.807, 2.05) is 6.92 Å². The second-order valence-corrected chi connectivity index (χ2v) is 4.24. The molecule has 3 nitrogen and oxygen atoms in total. The van der Waals surface area contributed by atoms with Crippen molar-refractivity contribution in [3.05, 3.63) is 0 Å². The van der Waals surface area contributed by atoms with E-state index >= 15 is 0 Å². The van der Waals surface area contributed by atoms with Crippen molar-refractivity contribution in [2.75, 3.05) is 19.6 Å². The highest BCUT2D eigenvalue weighted by Crippen LogP contribution is 2.22. The van der Waals surface area contributed by atoms with Gasteiger partial charge < -0.3 is 10.6 Å². The van der Waals surface area contributed by atoms with Gasteiger partial charge in [0.25, 0.3) is 0 Å². The third kappa shape index (κ3) is 3.66. The van der Waals surface area contributed by atoms with Crippen LogP contribution in [0.1, 0.15) is 33.1 Å². The highest BCUT2D eigenvalue weighted by atomic mass is 16.1. The standard InChI is InChI=1S/C11H22N2O/c1-3-13-11(14)7-9(2)10-5-4-6-12-8-10/h9-10,12H,3-8H2,1-2H3,(H,13,14). The summed E-state index contributed by atoms with van der Waals surface area (Å²) in [6, 6.07) is 0. The maximum Gasteiger partial charge on any atom is 0.220 e. The molecule has 0 aromatic carbocycles. The molecule has 3 heteroatoms. The lowest BCUT2D eigenvalue weighted by Crippen LogP contribution is -2.35. The Morgan fingerprint density at radius 3 is 3.00 bits per heavy atom. The number of rotatable bonds is 4. The van der Waals surface area contributed by atoms with Gasteiger partial charge in [-0.2, -0.15) is 0 Å². The fourth-order valence-corrected chi connectivity index (χ4v) is 2.09. The van der Waals surface area contributed by atoms with Gasteiger partial charge in [-0.1, -0.05) is 6.92 Å². The van der Waals surface area contributed by atoms with Crippen molar-refractivity contribution in [2.45, 2.75) is 33.1 Å². The summed E-state index contributed by atoms with van der Waals surface area (Å²) in [7, 11) is 0. The van der Waals surface area contributed by atoms with Crippen LogP contribution in [0.5, 0.6) is 0 Å². The molecular weight excluding hydrogens is 176 g/mol. The Balaban J connectivity index is 2.25. The van der Waals surface area contributed by atoms with Crippen LogP contribution in [0.25, 0.3) is 0 Å². The molecule has 2 atom stereocenters. The van der Waals surface area contributed by atoms with Crippen molar-refractivity contribution in [2.24, 2.45) is 11.8 Å². The molecule has 1 aliphatic rings. The van der Waals surface area contributed by atoms with E-state index in [4.69, 9.17) is 0 Å². The SMILES string of the molecule is CCNC(=O)CC(C)C1CCCNC1. The molecule has 0 aliphatic carbocycles. The van der Waals surface area contributed by atoms with Gasteiger partial charge in [0, 0.05) is 13.0 Å². The van der Waals surface area contributed by atoms with Crippen LogP contribution in [0.15, 0.2) is 0 Å². The van der Waals surface area contributed by atoms with Crippen molar-refractivity contribution >= 4 is 5.91 Å². The molecule has 0 saturated carbocycles. The zero-order valence-electron chi connectivity index (χ0n) is 9.31. The summed E-state index contributed by atoms with van der Waals surface area (Å²) in [5, 5.41) is 6.25. The summed E-state index contributed by atoms with van der Waals surface area (Å²) < 4.78 is 0. The maximum atomic E-state index is 11.4. The van der Waals surface area contributed by atoms with Crippen LogP contribution in [0.3, 0.4) is 0 Å². The Morgan fingerprint density at radius 2 is 2.43 bits per heavy atom. The molecule has 82 valence electrons. The number of carbonyl (C=O) groups is 1. The first-order valence-electron chi connectivity index (χ1n) is 5.71. The number of hydrogen-bond donors (Lipinski definition) is 2. The van der Waals surface area contributed by atoms with Crippen molar-refractivity contribution < 1.29 is 4.79 Å². The topological polar surface area (TPSA) is 41.1 Å². The number of hydrogen-bond acceptors (Lipinski definition) is 2. The first kappa shape index (κ1) is 11.5. The first-order valence-corrected chi connectivity index (χ1v) is 5.71. The van der Waals surface area contributed by atoms with Gasteiger partial charge in [0.05, 0.1) is 0 Å². The average Bonchev–Trinajstić information content (AvgIpc) is 2.19. The molecule has 1 saturated heterocycles. The normalized spacial score (nSPS) is 24.3. The second kappa shape index (κ2) is 6.02. The zero-order chi connectivity index (χ0) is 10.4. The molecule has 2 N–H and O–H groups in total. The van der Waals surface area contributed by atoms with Crippen LogP contribution in [-0.4, -0.2) is 25.5 Å². The van der Waals surface area contributed by atoms with Crippen LogP contribution in [-0.2, 0) is 4.79 Å². The molecule has 1 aliphatic heterocycles. The van der Waals surface area contributed by atoms with E-state index < -0.39 is 0 Å². The Kier molecular flexibility index (Phi) is 4.94. The van der Waals surface area contributed by atoms with Crippen LogP contribution in [0, 0.1) is 11.8 Å². The van der Waals surface area contributed by atoms with Crippen molar-refractivity contribution in [3.8, 4) is 0 Å².